The third kappa shape index (κ3) is 3.74. The zero-order valence-corrected chi connectivity index (χ0v) is 11.0. The summed E-state index contributed by atoms with van der Waals surface area (Å²) < 4.78 is 0. The summed E-state index contributed by atoms with van der Waals surface area (Å²) >= 11 is 0. The first-order valence-electron chi connectivity index (χ1n) is 6.45. The van der Waals surface area contributed by atoms with Gasteiger partial charge in [-0.15, -0.1) is 0 Å². The Balaban J connectivity index is 1.77. The van der Waals surface area contributed by atoms with Crippen molar-refractivity contribution in [1.82, 2.24) is 20.2 Å². The van der Waals surface area contributed by atoms with Gasteiger partial charge in [0.2, 0.25) is 11.8 Å². The van der Waals surface area contributed by atoms with Gasteiger partial charge in [0.15, 0.2) is 0 Å². The second kappa shape index (κ2) is 6.26. The van der Waals surface area contributed by atoms with Crippen LogP contribution in [0, 0.1) is 5.92 Å². The number of amides is 2. The van der Waals surface area contributed by atoms with Crippen LogP contribution in [-0.2, 0) is 16.1 Å². The van der Waals surface area contributed by atoms with Crippen LogP contribution in [0.1, 0.15) is 25.5 Å². The molecule has 2 rings (SSSR count). The summed E-state index contributed by atoms with van der Waals surface area (Å²) in [7, 11) is 0. The molecule has 0 spiro atoms. The van der Waals surface area contributed by atoms with Crippen molar-refractivity contribution >= 4 is 11.8 Å². The van der Waals surface area contributed by atoms with E-state index in [2.05, 4.69) is 15.3 Å². The highest BCUT2D eigenvalue weighted by molar-refractivity contribution is 5.79. The van der Waals surface area contributed by atoms with Gasteiger partial charge < -0.3 is 10.2 Å². The molecule has 19 heavy (non-hydrogen) atoms. The van der Waals surface area contributed by atoms with Crippen LogP contribution in [-0.4, -0.2) is 39.8 Å². The van der Waals surface area contributed by atoms with E-state index in [-0.39, 0.29) is 17.7 Å². The predicted octanol–water partition coefficient (Wildman–Crippen LogP) is 0.351. The zero-order chi connectivity index (χ0) is 13.7. The average molecular weight is 262 g/mol. The number of hydrogen-bond acceptors (Lipinski definition) is 4. The van der Waals surface area contributed by atoms with E-state index in [1.54, 1.807) is 30.4 Å². The summed E-state index contributed by atoms with van der Waals surface area (Å²) in [4.78, 5) is 33.0. The number of hydrogen-bond donors (Lipinski definition) is 1. The van der Waals surface area contributed by atoms with E-state index in [4.69, 9.17) is 0 Å². The molecule has 0 atom stereocenters. The molecule has 0 aromatic carbocycles. The summed E-state index contributed by atoms with van der Waals surface area (Å²) in [5.41, 5.74) is 0.747. The number of carbonyl (C=O) groups excluding carboxylic acids is 2. The van der Waals surface area contributed by atoms with E-state index >= 15 is 0 Å². The van der Waals surface area contributed by atoms with E-state index in [0.29, 0.717) is 19.6 Å². The quantitative estimate of drug-likeness (QED) is 0.853. The van der Waals surface area contributed by atoms with Crippen LogP contribution in [0.3, 0.4) is 0 Å². The van der Waals surface area contributed by atoms with E-state index in [9.17, 15) is 9.59 Å². The molecule has 1 saturated heterocycles. The Morgan fingerprint density at radius 1 is 1.37 bits per heavy atom. The highest BCUT2D eigenvalue weighted by Gasteiger charge is 2.25. The Morgan fingerprint density at radius 3 is 2.68 bits per heavy atom. The van der Waals surface area contributed by atoms with E-state index < -0.39 is 0 Å². The van der Waals surface area contributed by atoms with Gasteiger partial charge in [0, 0.05) is 38.3 Å². The second-order valence-electron chi connectivity index (χ2n) is 4.69. The Labute approximate surface area is 112 Å². The smallest absolute Gasteiger partial charge is 0.223 e. The largest absolute Gasteiger partial charge is 0.350 e. The third-order valence-electron chi connectivity index (χ3n) is 3.37. The molecular formula is C13H18N4O2. The molecule has 102 valence electrons. The number of aromatic nitrogens is 2. The molecule has 1 aliphatic rings. The molecule has 2 heterocycles. The number of rotatable bonds is 3. The Bertz CT molecular complexity index is 441. The lowest BCUT2D eigenvalue weighted by molar-refractivity contribution is -0.134. The first-order valence-corrected chi connectivity index (χ1v) is 6.45. The highest BCUT2D eigenvalue weighted by Crippen LogP contribution is 2.17. The Hall–Kier alpha value is -1.98. The normalized spacial score (nSPS) is 16.2. The molecule has 0 aliphatic carbocycles. The first-order chi connectivity index (χ1) is 9.16. The number of nitrogens with zero attached hydrogens (tertiary/aromatic N) is 3. The van der Waals surface area contributed by atoms with Gasteiger partial charge in [-0.3, -0.25) is 19.6 Å². The van der Waals surface area contributed by atoms with Crippen LogP contribution < -0.4 is 5.32 Å². The molecule has 6 heteroatoms. The molecule has 2 amide bonds. The van der Waals surface area contributed by atoms with Crippen molar-refractivity contribution in [3.8, 4) is 0 Å². The second-order valence-corrected chi connectivity index (χ2v) is 4.69. The van der Waals surface area contributed by atoms with Crippen LogP contribution in [0.4, 0.5) is 0 Å². The molecule has 1 fully saturated rings. The molecule has 1 aromatic rings. The minimum absolute atomic E-state index is 0.00716. The van der Waals surface area contributed by atoms with Gasteiger partial charge in [-0.05, 0) is 12.8 Å². The van der Waals surface area contributed by atoms with Crippen molar-refractivity contribution in [1.29, 1.82) is 0 Å². The topological polar surface area (TPSA) is 75.2 Å². The molecule has 1 aromatic heterocycles. The van der Waals surface area contributed by atoms with Gasteiger partial charge in [-0.1, -0.05) is 0 Å². The fourth-order valence-corrected chi connectivity index (χ4v) is 2.20. The number of nitrogens with one attached hydrogen (secondary N) is 1. The summed E-state index contributed by atoms with van der Waals surface area (Å²) in [5.74, 6) is 0.111. The fourth-order valence-electron chi connectivity index (χ4n) is 2.20. The zero-order valence-electron chi connectivity index (χ0n) is 11.0. The van der Waals surface area contributed by atoms with Gasteiger partial charge in [-0.2, -0.15) is 0 Å². The van der Waals surface area contributed by atoms with E-state index in [1.807, 2.05) is 0 Å². The average Bonchev–Trinajstić information content (AvgIpc) is 2.46. The van der Waals surface area contributed by atoms with Crippen LogP contribution in [0.5, 0.6) is 0 Å². The highest BCUT2D eigenvalue weighted by atomic mass is 16.2. The molecular weight excluding hydrogens is 244 g/mol. The van der Waals surface area contributed by atoms with E-state index in [0.717, 1.165) is 18.5 Å². The van der Waals surface area contributed by atoms with Gasteiger partial charge in [0.25, 0.3) is 0 Å². The van der Waals surface area contributed by atoms with Gasteiger partial charge >= 0.3 is 0 Å². The lowest BCUT2D eigenvalue weighted by Gasteiger charge is -2.30. The maximum Gasteiger partial charge on any atom is 0.223 e. The minimum atomic E-state index is -0.00716. The molecule has 1 N–H and O–H groups in total. The van der Waals surface area contributed by atoms with Gasteiger partial charge in [-0.25, -0.2) is 0 Å². The van der Waals surface area contributed by atoms with Crippen molar-refractivity contribution in [3.63, 3.8) is 0 Å². The van der Waals surface area contributed by atoms with Crippen molar-refractivity contribution in [2.24, 2.45) is 5.92 Å². The van der Waals surface area contributed by atoms with Crippen LogP contribution >= 0.6 is 0 Å². The lowest BCUT2D eigenvalue weighted by atomic mass is 9.96. The van der Waals surface area contributed by atoms with Crippen LogP contribution in [0.2, 0.25) is 0 Å². The van der Waals surface area contributed by atoms with Crippen LogP contribution in [0.25, 0.3) is 0 Å². The monoisotopic (exact) mass is 262 g/mol. The number of likely N-dealkylation sites (tertiary alicyclic amines) is 1. The van der Waals surface area contributed by atoms with Crippen molar-refractivity contribution < 1.29 is 9.59 Å². The van der Waals surface area contributed by atoms with Crippen LogP contribution in [0.15, 0.2) is 18.6 Å². The fraction of sp³-hybridized carbons (Fsp3) is 0.538. The van der Waals surface area contributed by atoms with Crippen molar-refractivity contribution in [3.05, 3.63) is 24.3 Å². The minimum Gasteiger partial charge on any atom is -0.350 e. The lowest BCUT2D eigenvalue weighted by Crippen LogP contribution is -2.42. The molecule has 0 saturated carbocycles. The van der Waals surface area contributed by atoms with E-state index in [1.165, 1.54) is 0 Å². The Kier molecular flexibility index (Phi) is 4.43. The first kappa shape index (κ1) is 13.5. The maximum absolute atomic E-state index is 12.0. The molecule has 6 nitrogen and oxygen atoms in total. The SMILES string of the molecule is CC(=O)N1CCC(C(=O)NCc2cnccn2)CC1. The molecule has 0 radical (unpaired) electrons. The summed E-state index contributed by atoms with van der Waals surface area (Å²) in [5, 5.41) is 2.87. The maximum atomic E-state index is 12.0. The third-order valence-corrected chi connectivity index (χ3v) is 3.37. The standard InChI is InChI=1S/C13H18N4O2/c1-10(18)17-6-2-11(3-7-17)13(19)16-9-12-8-14-4-5-15-12/h4-5,8,11H,2-3,6-7,9H2,1H3,(H,16,19). The summed E-state index contributed by atoms with van der Waals surface area (Å²) in [6.07, 6.45) is 6.30. The number of carbonyl (C=O) groups is 2. The van der Waals surface area contributed by atoms with Gasteiger partial charge in [0.05, 0.1) is 18.4 Å². The summed E-state index contributed by atoms with van der Waals surface area (Å²) in [6, 6.07) is 0. The predicted molar refractivity (Wildman–Crippen MR) is 68.9 cm³/mol. The van der Waals surface area contributed by atoms with Gasteiger partial charge in [0.1, 0.15) is 0 Å². The van der Waals surface area contributed by atoms with Crippen molar-refractivity contribution in [2.45, 2.75) is 26.3 Å². The molecule has 1 aliphatic heterocycles. The van der Waals surface area contributed by atoms with Crippen molar-refractivity contribution in [2.75, 3.05) is 13.1 Å². The molecule has 0 unspecified atom stereocenters. The molecule has 0 bridgehead atoms. The Morgan fingerprint density at radius 2 is 2.11 bits per heavy atom. The summed E-state index contributed by atoms with van der Waals surface area (Å²) in [6.45, 7) is 3.30. The number of piperidine rings is 1.